The Balaban J connectivity index is 2.47. The third kappa shape index (κ3) is 2.02. The first-order valence-corrected chi connectivity index (χ1v) is 3.67. The van der Waals surface area contributed by atoms with Gasteiger partial charge in [0, 0.05) is 0 Å². The number of aliphatic hydroxyl groups is 1. The molecule has 0 aromatic carbocycles. The lowest BCUT2D eigenvalue weighted by molar-refractivity contribution is -0.147. The van der Waals surface area contributed by atoms with Crippen molar-refractivity contribution in [3.05, 3.63) is 12.7 Å². The highest BCUT2D eigenvalue weighted by Gasteiger charge is 2.35. The molecule has 0 aromatic rings. The maximum absolute atomic E-state index is 9.27. The molecule has 0 radical (unpaired) electrons. The second-order valence-electron chi connectivity index (χ2n) is 3.09. The Morgan fingerprint density at radius 1 is 1.73 bits per heavy atom. The lowest BCUT2D eigenvalue weighted by Crippen LogP contribution is -2.28. The lowest BCUT2D eigenvalue weighted by Gasteiger charge is -2.18. The molecule has 1 unspecified atom stereocenters. The van der Waals surface area contributed by atoms with Gasteiger partial charge < -0.3 is 14.6 Å². The Morgan fingerprint density at radius 3 is 2.73 bits per heavy atom. The van der Waals surface area contributed by atoms with Crippen LogP contribution >= 0.6 is 0 Å². The smallest absolute Gasteiger partial charge is 0.163 e. The van der Waals surface area contributed by atoms with Crippen LogP contribution in [0.25, 0.3) is 0 Å². The molecule has 11 heavy (non-hydrogen) atoms. The molecule has 0 spiro atoms. The number of ether oxygens (including phenoxy) is 2. The van der Waals surface area contributed by atoms with Crippen LogP contribution in [0.1, 0.15) is 13.8 Å². The molecule has 1 aliphatic rings. The highest BCUT2D eigenvalue weighted by atomic mass is 16.7. The molecule has 1 saturated heterocycles. The van der Waals surface area contributed by atoms with Crippen LogP contribution in [-0.2, 0) is 9.47 Å². The first-order chi connectivity index (χ1) is 5.05. The normalized spacial score (nSPS) is 31.7. The van der Waals surface area contributed by atoms with E-state index < -0.39 is 11.9 Å². The standard InChI is InChI=1S/C8H14O3/c1-4-6(9)7-5-10-8(2,3)11-7/h4,6-7,9H,1,5H2,2-3H3/t6?,7-/m1/s1. The number of rotatable bonds is 2. The topological polar surface area (TPSA) is 38.7 Å². The van der Waals surface area contributed by atoms with Gasteiger partial charge >= 0.3 is 0 Å². The van der Waals surface area contributed by atoms with E-state index in [2.05, 4.69) is 6.58 Å². The zero-order valence-corrected chi connectivity index (χ0v) is 6.91. The van der Waals surface area contributed by atoms with Gasteiger partial charge in [0.15, 0.2) is 5.79 Å². The molecule has 1 aliphatic heterocycles. The van der Waals surface area contributed by atoms with Crippen LogP contribution < -0.4 is 0 Å². The molecule has 0 aliphatic carbocycles. The number of aliphatic hydroxyl groups excluding tert-OH is 1. The lowest BCUT2D eigenvalue weighted by atomic mass is 10.2. The Hall–Kier alpha value is -0.380. The van der Waals surface area contributed by atoms with E-state index in [1.807, 2.05) is 13.8 Å². The SMILES string of the molecule is C=CC(O)[C@H]1COC(C)(C)O1. The van der Waals surface area contributed by atoms with Crippen LogP contribution in [0.2, 0.25) is 0 Å². The summed E-state index contributed by atoms with van der Waals surface area (Å²) in [5.74, 6) is -0.561. The monoisotopic (exact) mass is 158 g/mol. The molecule has 1 fully saturated rings. The number of hydrogen-bond acceptors (Lipinski definition) is 3. The van der Waals surface area contributed by atoms with E-state index in [9.17, 15) is 5.11 Å². The fraction of sp³-hybridized carbons (Fsp3) is 0.750. The summed E-state index contributed by atoms with van der Waals surface area (Å²) in [6.45, 7) is 7.54. The van der Waals surface area contributed by atoms with E-state index in [0.29, 0.717) is 6.61 Å². The Bertz CT molecular complexity index is 153. The van der Waals surface area contributed by atoms with Gasteiger partial charge in [-0.1, -0.05) is 6.08 Å². The third-order valence-corrected chi connectivity index (χ3v) is 1.65. The zero-order chi connectivity index (χ0) is 8.48. The summed E-state index contributed by atoms with van der Waals surface area (Å²) in [4.78, 5) is 0. The van der Waals surface area contributed by atoms with Crippen molar-refractivity contribution in [3.63, 3.8) is 0 Å². The maximum Gasteiger partial charge on any atom is 0.163 e. The summed E-state index contributed by atoms with van der Waals surface area (Å²) in [6.07, 6.45) is 0.564. The molecule has 1 heterocycles. The van der Waals surface area contributed by atoms with Crippen LogP contribution in [0, 0.1) is 0 Å². The van der Waals surface area contributed by atoms with E-state index in [1.54, 1.807) is 0 Å². The molecule has 0 amide bonds. The molecule has 0 aromatic heterocycles. The summed E-state index contributed by atoms with van der Waals surface area (Å²) in [5, 5.41) is 9.27. The average Bonchev–Trinajstić information content (AvgIpc) is 2.29. The molecule has 64 valence electrons. The minimum Gasteiger partial charge on any atom is -0.386 e. The van der Waals surface area contributed by atoms with Crippen LogP contribution in [0.4, 0.5) is 0 Å². The summed E-state index contributed by atoms with van der Waals surface area (Å²) in [5.41, 5.74) is 0. The fourth-order valence-corrected chi connectivity index (χ4v) is 1.04. The van der Waals surface area contributed by atoms with Crippen molar-refractivity contribution < 1.29 is 14.6 Å². The van der Waals surface area contributed by atoms with Crippen molar-refractivity contribution in [1.82, 2.24) is 0 Å². The summed E-state index contributed by atoms with van der Waals surface area (Å²) < 4.78 is 10.6. The fourth-order valence-electron chi connectivity index (χ4n) is 1.04. The predicted octanol–water partition coefficient (Wildman–Crippen LogP) is 0.685. The largest absolute Gasteiger partial charge is 0.386 e. The molecule has 3 heteroatoms. The van der Waals surface area contributed by atoms with Crippen molar-refractivity contribution in [1.29, 1.82) is 0 Å². The number of hydrogen-bond donors (Lipinski definition) is 1. The highest BCUT2D eigenvalue weighted by molar-refractivity contribution is 4.88. The van der Waals surface area contributed by atoms with E-state index in [1.165, 1.54) is 6.08 Å². The van der Waals surface area contributed by atoms with Gasteiger partial charge in [0.25, 0.3) is 0 Å². The van der Waals surface area contributed by atoms with Gasteiger partial charge in [-0.3, -0.25) is 0 Å². The Kier molecular flexibility index (Phi) is 2.32. The van der Waals surface area contributed by atoms with E-state index in [0.717, 1.165) is 0 Å². The van der Waals surface area contributed by atoms with E-state index in [-0.39, 0.29) is 6.10 Å². The van der Waals surface area contributed by atoms with E-state index in [4.69, 9.17) is 9.47 Å². The first-order valence-electron chi connectivity index (χ1n) is 3.67. The van der Waals surface area contributed by atoms with Gasteiger partial charge in [0.05, 0.1) is 6.61 Å². The van der Waals surface area contributed by atoms with Crippen molar-refractivity contribution in [2.45, 2.75) is 31.8 Å². The molecule has 1 N–H and O–H groups in total. The molecular formula is C8H14O3. The van der Waals surface area contributed by atoms with Gasteiger partial charge in [-0.25, -0.2) is 0 Å². The molecule has 0 bridgehead atoms. The van der Waals surface area contributed by atoms with Crippen LogP contribution in [0.3, 0.4) is 0 Å². The van der Waals surface area contributed by atoms with Crippen molar-refractivity contribution in [3.8, 4) is 0 Å². The molecule has 1 rings (SSSR count). The van der Waals surface area contributed by atoms with E-state index >= 15 is 0 Å². The average molecular weight is 158 g/mol. The van der Waals surface area contributed by atoms with Gasteiger partial charge in [-0.15, -0.1) is 6.58 Å². The first kappa shape index (κ1) is 8.71. The van der Waals surface area contributed by atoms with Gasteiger partial charge in [0.2, 0.25) is 0 Å². The maximum atomic E-state index is 9.27. The highest BCUT2D eigenvalue weighted by Crippen LogP contribution is 2.24. The van der Waals surface area contributed by atoms with Gasteiger partial charge in [-0.2, -0.15) is 0 Å². The predicted molar refractivity (Wildman–Crippen MR) is 41.1 cm³/mol. The molecular weight excluding hydrogens is 144 g/mol. The Morgan fingerprint density at radius 2 is 2.36 bits per heavy atom. The molecule has 2 atom stereocenters. The quantitative estimate of drug-likeness (QED) is 0.601. The van der Waals surface area contributed by atoms with Gasteiger partial charge in [-0.05, 0) is 13.8 Å². The van der Waals surface area contributed by atoms with Crippen molar-refractivity contribution >= 4 is 0 Å². The summed E-state index contributed by atoms with van der Waals surface area (Å²) in [7, 11) is 0. The van der Waals surface area contributed by atoms with Crippen molar-refractivity contribution in [2.24, 2.45) is 0 Å². The zero-order valence-electron chi connectivity index (χ0n) is 6.91. The minimum atomic E-state index is -0.628. The van der Waals surface area contributed by atoms with Crippen LogP contribution in [0.15, 0.2) is 12.7 Å². The minimum absolute atomic E-state index is 0.262. The third-order valence-electron chi connectivity index (χ3n) is 1.65. The van der Waals surface area contributed by atoms with Gasteiger partial charge in [0.1, 0.15) is 12.2 Å². The second-order valence-corrected chi connectivity index (χ2v) is 3.09. The second kappa shape index (κ2) is 2.93. The summed E-state index contributed by atoms with van der Waals surface area (Å²) in [6, 6.07) is 0. The molecule has 0 saturated carbocycles. The van der Waals surface area contributed by atoms with Crippen molar-refractivity contribution in [2.75, 3.05) is 6.61 Å². The Labute approximate surface area is 66.6 Å². The summed E-state index contributed by atoms with van der Waals surface area (Å²) >= 11 is 0. The van der Waals surface area contributed by atoms with Crippen LogP contribution in [0.5, 0.6) is 0 Å². The molecule has 3 nitrogen and oxygen atoms in total. The van der Waals surface area contributed by atoms with Crippen LogP contribution in [-0.4, -0.2) is 29.7 Å².